The first kappa shape index (κ1) is 10.3. The van der Waals surface area contributed by atoms with Crippen LogP contribution in [-0.4, -0.2) is 0 Å². The van der Waals surface area contributed by atoms with Crippen LogP contribution in [0.4, 0.5) is 0 Å². The molecule has 0 radical (unpaired) electrons. The Morgan fingerprint density at radius 1 is 0.722 bits per heavy atom. The molecule has 0 amide bonds. The largest absolute Gasteiger partial charge is 0.192 e. The van der Waals surface area contributed by atoms with Crippen molar-refractivity contribution >= 4 is 21.5 Å². The SMILES string of the molecule is N#Cc1ccc2cc3cccc(C#N)c3cc2c1. The van der Waals surface area contributed by atoms with Crippen LogP contribution in [0.3, 0.4) is 0 Å². The summed E-state index contributed by atoms with van der Waals surface area (Å²) in [4.78, 5) is 0. The molecule has 3 aromatic carbocycles. The van der Waals surface area contributed by atoms with E-state index in [1.165, 1.54) is 0 Å². The third kappa shape index (κ3) is 1.49. The molecule has 0 heterocycles. The van der Waals surface area contributed by atoms with Gasteiger partial charge in [-0.15, -0.1) is 0 Å². The van der Waals surface area contributed by atoms with Crippen LogP contribution in [0.5, 0.6) is 0 Å². The van der Waals surface area contributed by atoms with Gasteiger partial charge in [-0.2, -0.15) is 10.5 Å². The zero-order chi connectivity index (χ0) is 12.5. The summed E-state index contributed by atoms with van der Waals surface area (Å²) in [6.45, 7) is 0. The highest BCUT2D eigenvalue weighted by atomic mass is 14.2. The molecule has 0 aliphatic carbocycles. The number of nitrogens with zero attached hydrogens (tertiary/aromatic N) is 2. The molecule has 0 atom stereocenters. The number of nitriles is 2. The molecule has 2 heteroatoms. The van der Waals surface area contributed by atoms with E-state index in [2.05, 4.69) is 12.1 Å². The van der Waals surface area contributed by atoms with Crippen LogP contribution < -0.4 is 0 Å². The molecule has 0 bridgehead atoms. The van der Waals surface area contributed by atoms with E-state index >= 15 is 0 Å². The van der Waals surface area contributed by atoms with E-state index in [1.54, 1.807) is 0 Å². The summed E-state index contributed by atoms with van der Waals surface area (Å²) in [5.41, 5.74) is 1.30. The molecular formula is C16H8N2. The predicted molar refractivity (Wildman–Crippen MR) is 70.9 cm³/mol. The van der Waals surface area contributed by atoms with Gasteiger partial charge in [-0.1, -0.05) is 18.2 Å². The highest BCUT2D eigenvalue weighted by Gasteiger charge is 2.03. The quantitative estimate of drug-likeness (QED) is 0.550. The lowest BCUT2D eigenvalue weighted by atomic mass is 9.99. The van der Waals surface area contributed by atoms with Crippen LogP contribution in [0.15, 0.2) is 48.5 Å². The average molecular weight is 228 g/mol. The maximum atomic E-state index is 9.11. The molecule has 0 unspecified atom stereocenters. The molecule has 3 rings (SSSR count). The Bertz CT molecular complexity index is 848. The molecule has 0 spiro atoms. The summed E-state index contributed by atoms with van der Waals surface area (Å²) in [7, 11) is 0. The van der Waals surface area contributed by atoms with E-state index < -0.39 is 0 Å². The monoisotopic (exact) mass is 228 g/mol. The average Bonchev–Trinajstić information content (AvgIpc) is 2.43. The molecule has 18 heavy (non-hydrogen) atoms. The lowest BCUT2D eigenvalue weighted by molar-refractivity contribution is 1.49. The van der Waals surface area contributed by atoms with Gasteiger partial charge in [0.05, 0.1) is 23.3 Å². The lowest BCUT2D eigenvalue weighted by Gasteiger charge is -2.04. The second kappa shape index (κ2) is 3.87. The highest BCUT2D eigenvalue weighted by molar-refractivity contribution is 6.00. The maximum absolute atomic E-state index is 9.11. The van der Waals surface area contributed by atoms with Crippen LogP contribution in [0.2, 0.25) is 0 Å². The Morgan fingerprint density at radius 3 is 2.39 bits per heavy atom. The molecule has 3 aromatic rings. The summed E-state index contributed by atoms with van der Waals surface area (Å²) in [6.07, 6.45) is 0. The summed E-state index contributed by atoms with van der Waals surface area (Å²) in [5.74, 6) is 0. The van der Waals surface area contributed by atoms with E-state index in [4.69, 9.17) is 10.5 Å². The van der Waals surface area contributed by atoms with Crippen molar-refractivity contribution in [2.24, 2.45) is 0 Å². The first-order valence-electron chi connectivity index (χ1n) is 5.58. The van der Waals surface area contributed by atoms with Gasteiger partial charge in [0.1, 0.15) is 0 Å². The van der Waals surface area contributed by atoms with Gasteiger partial charge in [-0.25, -0.2) is 0 Å². The van der Waals surface area contributed by atoms with E-state index in [1.807, 2.05) is 48.5 Å². The number of hydrogen-bond donors (Lipinski definition) is 0. The minimum Gasteiger partial charge on any atom is -0.192 e. The van der Waals surface area contributed by atoms with Crippen LogP contribution in [0, 0.1) is 22.7 Å². The molecule has 0 N–H and O–H groups in total. The number of fused-ring (bicyclic) bond motifs is 2. The first-order chi connectivity index (χ1) is 8.81. The summed E-state index contributed by atoms with van der Waals surface area (Å²) < 4.78 is 0. The summed E-state index contributed by atoms with van der Waals surface area (Å²) >= 11 is 0. The van der Waals surface area contributed by atoms with Crippen LogP contribution in [0.1, 0.15) is 11.1 Å². The van der Waals surface area contributed by atoms with Gasteiger partial charge in [0, 0.05) is 5.39 Å². The molecule has 0 aromatic heterocycles. The van der Waals surface area contributed by atoms with Gasteiger partial charge in [0.25, 0.3) is 0 Å². The van der Waals surface area contributed by atoms with Crippen LogP contribution >= 0.6 is 0 Å². The zero-order valence-electron chi connectivity index (χ0n) is 9.51. The molecule has 0 aliphatic heterocycles. The second-order valence-electron chi connectivity index (χ2n) is 4.16. The van der Waals surface area contributed by atoms with Gasteiger partial charge in [0.2, 0.25) is 0 Å². The number of rotatable bonds is 0. The lowest BCUT2D eigenvalue weighted by Crippen LogP contribution is -1.82. The van der Waals surface area contributed by atoms with Crippen molar-refractivity contribution in [3.63, 3.8) is 0 Å². The smallest absolute Gasteiger partial charge is 0.0998 e. The zero-order valence-corrected chi connectivity index (χ0v) is 9.51. The third-order valence-corrected chi connectivity index (χ3v) is 3.09. The van der Waals surface area contributed by atoms with Crippen molar-refractivity contribution in [2.45, 2.75) is 0 Å². The van der Waals surface area contributed by atoms with Crippen molar-refractivity contribution in [1.82, 2.24) is 0 Å². The fourth-order valence-electron chi connectivity index (χ4n) is 2.19. The van der Waals surface area contributed by atoms with Crippen molar-refractivity contribution in [1.29, 1.82) is 10.5 Å². The van der Waals surface area contributed by atoms with E-state index in [0.717, 1.165) is 21.5 Å². The predicted octanol–water partition coefficient (Wildman–Crippen LogP) is 3.74. The van der Waals surface area contributed by atoms with Gasteiger partial charge in [0.15, 0.2) is 0 Å². The second-order valence-corrected chi connectivity index (χ2v) is 4.16. The van der Waals surface area contributed by atoms with Gasteiger partial charge in [-0.3, -0.25) is 0 Å². The Morgan fingerprint density at radius 2 is 1.61 bits per heavy atom. The standard InChI is InChI=1S/C16H8N2/c17-9-11-4-5-12-7-13-2-1-3-14(10-18)16(13)8-15(12)6-11/h1-8H. The first-order valence-corrected chi connectivity index (χ1v) is 5.58. The molecule has 0 saturated heterocycles. The fraction of sp³-hybridized carbons (Fsp3) is 0. The van der Waals surface area contributed by atoms with E-state index in [-0.39, 0.29) is 0 Å². The van der Waals surface area contributed by atoms with Gasteiger partial charge in [-0.05, 0) is 46.5 Å². The third-order valence-electron chi connectivity index (χ3n) is 3.09. The molecule has 0 saturated carbocycles. The molecule has 82 valence electrons. The Balaban J connectivity index is 2.46. The normalized spacial score (nSPS) is 10.1. The van der Waals surface area contributed by atoms with Crippen molar-refractivity contribution < 1.29 is 0 Å². The number of benzene rings is 3. The number of hydrogen-bond acceptors (Lipinski definition) is 2. The molecule has 0 aliphatic rings. The Labute approximate surface area is 104 Å². The molecule has 0 fully saturated rings. The topological polar surface area (TPSA) is 47.6 Å². The molecule has 2 nitrogen and oxygen atoms in total. The van der Waals surface area contributed by atoms with Crippen molar-refractivity contribution in [3.8, 4) is 12.1 Å². The van der Waals surface area contributed by atoms with Crippen LogP contribution in [-0.2, 0) is 0 Å². The van der Waals surface area contributed by atoms with Gasteiger partial charge >= 0.3 is 0 Å². The van der Waals surface area contributed by atoms with Crippen molar-refractivity contribution in [2.75, 3.05) is 0 Å². The minimum atomic E-state index is 0.635. The van der Waals surface area contributed by atoms with Gasteiger partial charge < -0.3 is 0 Å². The Hall–Kier alpha value is -2.84. The summed E-state index contributed by atoms with van der Waals surface area (Å²) in [6, 6.07) is 19.6. The minimum absolute atomic E-state index is 0.635. The molecular weight excluding hydrogens is 220 g/mol. The fourth-order valence-corrected chi connectivity index (χ4v) is 2.19. The van der Waals surface area contributed by atoms with Crippen molar-refractivity contribution in [3.05, 3.63) is 59.7 Å². The summed E-state index contributed by atoms with van der Waals surface area (Å²) in [5, 5.41) is 22.1. The Kier molecular flexibility index (Phi) is 2.22. The van der Waals surface area contributed by atoms with Crippen LogP contribution in [0.25, 0.3) is 21.5 Å². The maximum Gasteiger partial charge on any atom is 0.0998 e. The van der Waals surface area contributed by atoms with E-state index in [0.29, 0.717) is 11.1 Å². The van der Waals surface area contributed by atoms with E-state index in [9.17, 15) is 0 Å². The highest BCUT2D eigenvalue weighted by Crippen LogP contribution is 2.25.